The first-order valence-electron chi connectivity index (χ1n) is 5.91. The molecule has 0 spiro atoms. The van der Waals surface area contributed by atoms with Gasteiger partial charge in [0.25, 0.3) is 0 Å². The molecule has 0 aromatic heterocycles. The Hall–Kier alpha value is -0.870. The van der Waals surface area contributed by atoms with Crippen molar-refractivity contribution < 1.29 is 4.74 Å². The molecule has 1 unspecified atom stereocenters. The number of methoxy groups -OCH3 is 1. The van der Waals surface area contributed by atoms with Gasteiger partial charge >= 0.3 is 0 Å². The number of thioether (sulfide) groups is 1. The third kappa shape index (κ3) is 3.12. The minimum absolute atomic E-state index is 0.391. The summed E-state index contributed by atoms with van der Waals surface area (Å²) in [4.78, 5) is 4.65. The molecule has 0 aliphatic carbocycles. The van der Waals surface area contributed by atoms with Crippen LogP contribution in [0.3, 0.4) is 0 Å². The number of ether oxygens (including phenoxy) is 1. The van der Waals surface area contributed by atoms with E-state index in [0.29, 0.717) is 17.0 Å². The Labute approximate surface area is 117 Å². The molecule has 2 rings (SSSR count). The van der Waals surface area contributed by atoms with Gasteiger partial charge < -0.3 is 10.1 Å². The quantitative estimate of drug-likeness (QED) is 0.914. The van der Waals surface area contributed by atoms with Crippen LogP contribution in [-0.4, -0.2) is 24.1 Å². The van der Waals surface area contributed by atoms with Crippen LogP contribution in [0.1, 0.15) is 13.8 Å². The molecule has 1 aliphatic heterocycles. The highest BCUT2D eigenvalue weighted by molar-refractivity contribution is 8.14. The zero-order valence-electron chi connectivity index (χ0n) is 10.7. The molecular weight excluding hydrogens is 268 g/mol. The van der Waals surface area contributed by atoms with E-state index >= 15 is 0 Å². The number of aliphatic imine (C=N–C) groups is 1. The van der Waals surface area contributed by atoms with Crippen molar-refractivity contribution in [2.24, 2.45) is 10.9 Å². The van der Waals surface area contributed by atoms with Crippen LogP contribution < -0.4 is 10.1 Å². The molecule has 1 N–H and O–H groups in total. The van der Waals surface area contributed by atoms with E-state index in [9.17, 15) is 0 Å². The van der Waals surface area contributed by atoms with Crippen LogP contribution in [0.4, 0.5) is 5.69 Å². The first-order valence-corrected chi connectivity index (χ1v) is 7.27. The number of nitrogens with zero attached hydrogens (tertiary/aromatic N) is 1. The second kappa shape index (κ2) is 5.85. The number of hydrogen-bond acceptors (Lipinski definition) is 4. The van der Waals surface area contributed by atoms with Gasteiger partial charge in [0, 0.05) is 11.8 Å². The second-order valence-corrected chi connectivity index (χ2v) is 5.94. The molecule has 0 radical (unpaired) electrons. The minimum atomic E-state index is 0.391. The molecule has 3 nitrogen and oxygen atoms in total. The molecule has 1 aliphatic rings. The maximum Gasteiger partial charge on any atom is 0.161 e. The van der Waals surface area contributed by atoms with Crippen LogP contribution in [0.15, 0.2) is 23.2 Å². The fourth-order valence-electron chi connectivity index (χ4n) is 1.64. The van der Waals surface area contributed by atoms with Gasteiger partial charge in [-0.2, -0.15) is 0 Å². The number of nitrogens with one attached hydrogen (secondary N) is 1. The molecule has 18 heavy (non-hydrogen) atoms. The van der Waals surface area contributed by atoms with E-state index in [0.717, 1.165) is 22.4 Å². The standard InChI is InChI=1S/C13H17ClN2OS/c1-8(2)12-7-18-13(16-12)15-11-6-9(17-3)4-5-10(11)14/h4-6,8,12H,7H2,1-3H3,(H,15,16). The van der Waals surface area contributed by atoms with Gasteiger partial charge in [-0.05, 0) is 18.1 Å². The fraction of sp³-hybridized carbons (Fsp3) is 0.462. The van der Waals surface area contributed by atoms with Crippen LogP contribution in [-0.2, 0) is 0 Å². The topological polar surface area (TPSA) is 33.6 Å². The zero-order chi connectivity index (χ0) is 13.1. The molecule has 5 heteroatoms. The van der Waals surface area contributed by atoms with E-state index < -0.39 is 0 Å². The largest absolute Gasteiger partial charge is 0.497 e. The SMILES string of the molecule is COc1ccc(Cl)c(NC2=NC(C(C)C)CS2)c1. The predicted octanol–water partition coefficient (Wildman–Crippen LogP) is 3.89. The summed E-state index contributed by atoms with van der Waals surface area (Å²) in [6.07, 6.45) is 0. The van der Waals surface area contributed by atoms with Crippen molar-refractivity contribution in [2.45, 2.75) is 19.9 Å². The highest BCUT2D eigenvalue weighted by atomic mass is 35.5. The Morgan fingerprint density at radius 1 is 1.50 bits per heavy atom. The maximum absolute atomic E-state index is 6.15. The summed E-state index contributed by atoms with van der Waals surface area (Å²) in [7, 11) is 1.64. The molecule has 0 fully saturated rings. The van der Waals surface area contributed by atoms with E-state index in [4.69, 9.17) is 16.3 Å². The van der Waals surface area contributed by atoms with Crippen molar-refractivity contribution in [3.63, 3.8) is 0 Å². The Balaban J connectivity index is 2.12. The van der Waals surface area contributed by atoms with E-state index in [1.807, 2.05) is 18.2 Å². The lowest BCUT2D eigenvalue weighted by molar-refractivity contribution is 0.415. The summed E-state index contributed by atoms with van der Waals surface area (Å²) in [5.41, 5.74) is 0.840. The predicted molar refractivity (Wildman–Crippen MR) is 80.1 cm³/mol. The molecule has 0 saturated heterocycles. The minimum Gasteiger partial charge on any atom is -0.497 e. The van der Waals surface area contributed by atoms with E-state index in [-0.39, 0.29) is 0 Å². The number of halogens is 1. The van der Waals surface area contributed by atoms with Crippen LogP contribution in [0.5, 0.6) is 5.75 Å². The fourth-order valence-corrected chi connectivity index (χ4v) is 2.99. The number of hydrogen-bond donors (Lipinski definition) is 1. The third-order valence-electron chi connectivity index (χ3n) is 2.86. The van der Waals surface area contributed by atoms with Gasteiger partial charge in [0.2, 0.25) is 0 Å². The van der Waals surface area contributed by atoms with Crippen molar-refractivity contribution in [3.8, 4) is 5.75 Å². The number of anilines is 1. The van der Waals surface area contributed by atoms with E-state index in [1.54, 1.807) is 18.9 Å². The summed E-state index contributed by atoms with van der Waals surface area (Å²) in [6.45, 7) is 4.38. The Kier molecular flexibility index (Phi) is 4.40. The van der Waals surface area contributed by atoms with Crippen LogP contribution in [0.25, 0.3) is 0 Å². The first kappa shape index (κ1) is 13.6. The number of benzene rings is 1. The van der Waals surface area contributed by atoms with E-state index in [2.05, 4.69) is 24.2 Å². The highest BCUT2D eigenvalue weighted by Gasteiger charge is 2.21. The monoisotopic (exact) mass is 284 g/mol. The molecule has 1 aromatic rings. The van der Waals surface area contributed by atoms with Crippen molar-refractivity contribution in [3.05, 3.63) is 23.2 Å². The highest BCUT2D eigenvalue weighted by Crippen LogP contribution is 2.30. The average molecular weight is 285 g/mol. The Morgan fingerprint density at radius 2 is 2.28 bits per heavy atom. The van der Waals surface area contributed by atoms with Gasteiger partial charge in [0.05, 0.1) is 23.9 Å². The van der Waals surface area contributed by atoms with Gasteiger partial charge in [-0.1, -0.05) is 37.2 Å². The molecule has 1 aromatic carbocycles. The molecule has 0 bridgehead atoms. The average Bonchev–Trinajstić information content (AvgIpc) is 2.81. The van der Waals surface area contributed by atoms with Gasteiger partial charge in [0.15, 0.2) is 5.17 Å². The molecule has 1 heterocycles. The lowest BCUT2D eigenvalue weighted by Crippen LogP contribution is -2.12. The summed E-state index contributed by atoms with van der Waals surface area (Å²) < 4.78 is 5.19. The zero-order valence-corrected chi connectivity index (χ0v) is 12.3. The molecule has 1 atom stereocenters. The number of rotatable bonds is 3. The van der Waals surface area contributed by atoms with Crippen LogP contribution >= 0.6 is 23.4 Å². The van der Waals surface area contributed by atoms with Crippen molar-refractivity contribution in [1.82, 2.24) is 0 Å². The van der Waals surface area contributed by atoms with E-state index in [1.165, 1.54) is 0 Å². The van der Waals surface area contributed by atoms with Gasteiger partial charge in [-0.15, -0.1) is 0 Å². The maximum atomic E-state index is 6.15. The molecule has 0 saturated carbocycles. The third-order valence-corrected chi connectivity index (χ3v) is 4.18. The van der Waals surface area contributed by atoms with Gasteiger partial charge in [0.1, 0.15) is 5.75 Å². The summed E-state index contributed by atoms with van der Waals surface area (Å²) in [6, 6.07) is 5.94. The van der Waals surface area contributed by atoms with Crippen molar-refractivity contribution >= 4 is 34.2 Å². The summed E-state index contributed by atoms with van der Waals surface area (Å²) in [5.74, 6) is 2.38. The summed E-state index contributed by atoms with van der Waals surface area (Å²) >= 11 is 7.88. The van der Waals surface area contributed by atoms with Crippen molar-refractivity contribution in [1.29, 1.82) is 0 Å². The first-order chi connectivity index (χ1) is 8.60. The smallest absolute Gasteiger partial charge is 0.161 e. The lowest BCUT2D eigenvalue weighted by Gasteiger charge is -2.09. The van der Waals surface area contributed by atoms with Crippen LogP contribution in [0, 0.1) is 5.92 Å². The Morgan fingerprint density at radius 3 is 2.89 bits per heavy atom. The van der Waals surface area contributed by atoms with Crippen LogP contribution in [0.2, 0.25) is 5.02 Å². The van der Waals surface area contributed by atoms with Gasteiger partial charge in [-0.3, -0.25) is 4.99 Å². The molecular formula is C13H17ClN2OS. The van der Waals surface area contributed by atoms with Gasteiger partial charge in [-0.25, -0.2) is 0 Å². The molecule has 0 amide bonds. The lowest BCUT2D eigenvalue weighted by atomic mass is 10.1. The second-order valence-electron chi connectivity index (χ2n) is 4.53. The molecule has 98 valence electrons. The number of amidine groups is 1. The summed E-state index contributed by atoms with van der Waals surface area (Å²) in [5, 5.41) is 4.88. The Bertz CT molecular complexity index is 462. The normalized spacial score (nSPS) is 18.9. The van der Waals surface area contributed by atoms with Crippen molar-refractivity contribution in [2.75, 3.05) is 18.2 Å².